The number of rotatable bonds is 9. The third kappa shape index (κ3) is 5.44. The molecule has 0 amide bonds. The molecule has 0 aromatic heterocycles. The molecule has 0 atom stereocenters. The van der Waals surface area contributed by atoms with E-state index in [4.69, 9.17) is 0 Å². The standard InChI is InChI=1S/C24H29N/c1-2-3-17-25(18-9-12-21-10-5-4-6-11-21)20-22-15-16-23-13-7-8-14-24(23)19-22/h4-8,10-11,13-16,19H,2-3,9,12,17-18,20H2,1H3. The van der Waals surface area contributed by atoms with Crippen molar-refractivity contribution in [1.29, 1.82) is 0 Å². The molecule has 0 aliphatic carbocycles. The highest BCUT2D eigenvalue weighted by Crippen LogP contribution is 2.17. The van der Waals surface area contributed by atoms with Crippen LogP contribution in [0.2, 0.25) is 0 Å². The van der Waals surface area contributed by atoms with Gasteiger partial charge in [-0.15, -0.1) is 0 Å². The van der Waals surface area contributed by atoms with Gasteiger partial charge in [0.1, 0.15) is 0 Å². The molecule has 0 N–H and O–H groups in total. The summed E-state index contributed by atoms with van der Waals surface area (Å²) in [6, 6.07) is 26.4. The Balaban J connectivity index is 1.60. The summed E-state index contributed by atoms with van der Waals surface area (Å²) in [4.78, 5) is 2.62. The lowest BCUT2D eigenvalue weighted by atomic mass is 10.1. The summed E-state index contributed by atoms with van der Waals surface area (Å²) < 4.78 is 0. The zero-order chi connectivity index (χ0) is 17.3. The van der Waals surface area contributed by atoms with Crippen LogP contribution in [0.3, 0.4) is 0 Å². The van der Waals surface area contributed by atoms with Crippen molar-refractivity contribution < 1.29 is 0 Å². The van der Waals surface area contributed by atoms with Gasteiger partial charge in [0.25, 0.3) is 0 Å². The third-order valence-electron chi connectivity index (χ3n) is 4.83. The molecule has 0 aliphatic heterocycles. The van der Waals surface area contributed by atoms with Crippen molar-refractivity contribution in [3.8, 4) is 0 Å². The zero-order valence-corrected chi connectivity index (χ0v) is 15.3. The van der Waals surface area contributed by atoms with Crippen LogP contribution in [-0.2, 0) is 13.0 Å². The fourth-order valence-corrected chi connectivity index (χ4v) is 3.40. The van der Waals surface area contributed by atoms with Crippen molar-refractivity contribution in [2.45, 2.75) is 39.2 Å². The summed E-state index contributed by atoms with van der Waals surface area (Å²) in [5.74, 6) is 0. The second-order valence-corrected chi connectivity index (χ2v) is 6.90. The molecule has 3 aromatic carbocycles. The van der Waals surface area contributed by atoms with Crippen molar-refractivity contribution in [2.75, 3.05) is 13.1 Å². The normalized spacial score (nSPS) is 11.3. The Labute approximate surface area is 152 Å². The van der Waals surface area contributed by atoms with E-state index >= 15 is 0 Å². The number of benzene rings is 3. The van der Waals surface area contributed by atoms with E-state index in [9.17, 15) is 0 Å². The van der Waals surface area contributed by atoms with Crippen LogP contribution in [0.25, 0.3) is 10.8 Å². The highest BCUT2D eigenvalue weighted by molar-refractivity contribution is 5.82. The first-order valence-corrected chi connectivity index (χ1v) is 9.59. The second-order valence-electron chi connectivity index (χ2n) is 6.90. The van der Waals surface area contributed by atoms with Crippen molar-refractivity contribution in [1.82, 2.24) is 4.90 Å². The van der Waals surface area contributed by atoms with E-state index in [1.165, 1.54) is 60.7 Å². The van der Waals surface area contributed by atoms with Gasteiger partial charge in [0.2, 0.25) is 0 Å². The maximum absolute atomic E-state index is 2.62. The predicted molar refractivity (Wildman–Crippen MR) is 109 cm³/mol. The first kappa shape index (κ1) is 17.7. The number of fused-ring (bicyclic) bond motifs is 1. The molecule has 0 aliphatic rings. The number of hydrogen-bond donors (Lipinski definition) is 0. The fraction of sp³-hybridized carbons (Fsp3) is 0.333. The van der Waals surface area contributed by atoms with Crippen LogP contribution in [0, 0.1) is 0 Å². The minimum Gasteiger partial charge on any atom is -0.299 e. The van der Waals surface area contributed by atoms with Gasteiger partial charge >= 0.3 is 0 Å². The quantitative estimate of drug-likeness (QED) is 0.459. The Morgan fingerprint density at radius 2 is 1.40 bits per heavy atom. The highest BCUT2D eigenvalue weighted by atomic mass is 15.1. The van der Waals surface area contributed by atoms with Crippen LogP contribution in [-0.4, -0.2) is 18.0 Å². The molecule has 0 radical (unpaired) electrons. The summed E-state index contributed by atoms with van der Waals surface area (Å²) in [6.45, 7) is 5.69. The number of nitrogens with zero attached hydrogens (tertiary/aromatic N) is 1. The molecule has 0 heterocycles. The van der Waals surface area contributed by atoms with E-state index in [-0.39, 0.29) is 0 Å². The molecule has 0 unspecified atom stereocenters. The second kappa shape index (κ2) is 9.39. The molecule has 1 nitrogen and oxygen atoms in total. The third-order valence-corrected chi connectivity index (χ3v) is 4.83. The number of unbranched alkanes of at least 4 members (excludes halogenated alkanes) is 1. The topological polar surface area (TPSA) is 3.24 Å². The maximum Gasteiger partial charge on any atom is 0.0233 e. The first-order valence-electron chi connectivity index (χ1n) is 9.59. The minimum absolute atomic E-state index is 1.06. The van der Waals surface area contributed by atoms with Crippen LogP contribution >= 0.6 is 0 Å². The summed E-state index contributed by atoms with van der Waals surface area (Å²) in [5, 5.41) is 2.68. The molecular weight excluding hydrogens is 302 g/mol. The van der Waals surface area contributed by atoms with Crippen LogP contribution < -0.4 is 0 Å². The monoisotopic (exact) mass is 331 g/mol. The van der Waals surface area contributed by atoms with E-state index in [1.54, 1.807) is 0 Å². The molecule has 0 spiro atoms. The van der Waals surface area contributed by atoms with E-state index < -0.39 is 0 Å². The Bertz CT molecular complexity index is 763. The molecule has 0 saturated carbocycles. The van der Waals surface area contributed by atoms with Gasteiger partial charge in [-0.25, -0.2) is 0 Å². The molecule has 0 bridgehead atoms. The minimum atomic E-state index is 1.06. The fourth-order valence-electron chi connectivity index (χ4n) is 3.40. The average Bonchev–Trinajstić information content (AvgIpc) is 2.66. The van der Waals surface area contributed by atoms with Crippen LogP contribution in [0.1, 0.15) is 37.3 Å². The molecule has 0 fully saturated rings. The highest BCUT2D eigenvalue weighted by Gasteiger charge is 2.06. The van der Waals surface area contributed by atoms with Crippen LogP contribution in [0.15, 0.2) is 72.8 Å². The summed E-state index contributed by atoms with van der Waals surface area (Å²) in [6.07, 6.45) is 4.92. The SMILES string of the molecule is CCCCN(CCCc1ccccc1)Cc1ccc2ccccc2c1. The lowest BCUT2D eigenvalue weighted by Gasteiger charge is -2.22. The van der Waals surface area contributed by atoms with E-state index in [0.717, 1.165) is 6.54 Å². The maximum atomic E-state index is 2.62. The van der Waals surface area contributed by atoms with Crippen LogP contribution in [0.4, 0.5) is 0 Å². The largest absolute Gasteiger partial charge is 0.299 e. The lowest BCUT2D eigenvalue weighted by molar-refractivity contribution is 0.258. The van der Waals surface area contributed by atoms with Crippen molar-refractivity contribution in [3.63, 3.8) is 0 Å². The molecule has 130 valence electrons. The van der Waals surface area contributed by atoms with Gasteiger partial charge in [-0.1, -0.05) is 80.1 Å². The van der Waals surface area contributed by atoms with Gasteiger partial charge in [0, 0.05) is 6.54 Å². The predicted octanol–water partition coefficient (Wildman–Crippen LogP) is 6.07. The van der Waals surface area contributed by atoms with E-state index in [1.807, 2.05) is 0 Å². The van der Waals surface area contributed by atoms with Crippen LogP contribution in [0.5, 0.6) is 0 Å². The number of hydrogen-bond acceptors (Lipinski definition) is 1. The molecule has 25 heavy (non-hydrogen) atoms. The number of aryl methyl sites for hydroxylation is 1. The zero-order valence-electron chi connectivity index (χ0n) is 15.3. The smallest absolute Gasteiger partial charge is 0.0233 e. The Morgan fingerprint density at radius 3 is 2.20 bits per heavy atom. The van der Waals surface area contributed by atoms with Gasteiger partial charge in [0.05, 0.1) is 0 Å². The molecule has 1 heteroatoms. The summed E-state index contributed by atoms with van der Waals surface area (Å²) in [7, 11) is 0. The lowest BCUT2D eigenvalue weighted by Crippen LogP contribution is -2.26. The molecule has 3 rings (SSSR count). The molecule has 3 aromatic rings. The summed E-state index contributed by atoms with van der Waals surface area (Å²) in [5.41, 5.74) is 2.87. The average molecular weight is 332 g/mol. The Hall–Kier alpha value is -2.12. The van der Waals surface area contributed by atoms with Gasteiger partial charge in [-0.2, -0.15) is 0 Å². The van der Waals surface area contributed by atoms with Crippen molar-refractivity contribution in [2.24, 2.45) is 0 Å². The molecular formula is C24H29N. The Morgan fingerprint density at radius 1 is 0.680 bits per heavy atom. The summed E-state index contributed by atoms with van der Waals surface area (Å²) >= 11 is 0. The van der Waals surface area contributed by atoms with Gasteiger partial charge < -0.3 is 0 Å². The van der Waals surface area contributed by atoms with Gasteiger partial charge in [0.15, 0.2) is 0 Å². The van der Waals surface area contributed by atoms with Gasteiger partial charge in [-0.05, 0) is 60.3 Å². The Kier molecular flexibility index (Phi) is 6.64. The first-order chi connectivity index (χ1) is 12.3. The molecule has 0 saturated heterocycles. The van der Waals surface area contributed by atoms with E-state index in [0.29, 0.717) is 0 Å². The van der Waals surface area contributed by atoms with Gasteiger partial charge in [-0.3, -0.25) is 4.90 Å². The van der Waals surface area contributed by atoms with Crippen molar-refractivity contribution >= 4 is 10.8 Å². The van der Waals surface area contributed by atoms with E-state index in [2.05, 4.69) is 84.6 Å². The van der Waals surface area contributed by atoms with Crippen molar-refractivity contribution in [3.05, 3.63) is 83.9 Å².